The van der Waals surface area contributed by atoms with Crippen LogP contribution in [0.15, 0.2) is 24.4 Å². The summed E-state index contributed by atoms with van der Waals surface area (Å²) in [7, 11) is 1.63. The van der Waals surface area contributed by atoms with Crippen molar-refractivity contribution >= 4 is 10.9 Å². The fourth-order valence-electron chi connectivity index (χ4n) is 1.51. The summed E-state index contributed by atoms with van der Waals surface area (Å²) in [4.78, 5) is 3.07. The van der Waals surface area contributed by atoms with Gasteiger partial charge in [0.2, 0.25) is 0 Å². The van der Waals surface area contributed by atoms with Crippen LogP contribution >= 0.6 is 0 Å². The van der Waals surface area contributed by atoms with Crippen molar-refractivity contribution < 1.29 is 9.84 Å². The van der Waals surface area contributed by atoms with Crippen LogP contribution in [0.2, 0.25) is 0 Å². The largest absolute Gasteiger partial charge is 0.496 e. The molecule has 2 N–H and O–H groups in total. The van der Waals surface area contributed by atoms with Gasteiger partial charge >= 0.3 is 0 Å². The maximum absolute atomic E-state index is 9.07. The van der Waals surface area contributed by atoms with Gasteiger partial charge in [-0.15, -0.1) is 0 Å². The second-order valence-electron chi connectivity index (χ2n) is 2.85. The highest BCUT2D eigenvalue weighted by Gasteiger charge is 2.06. The van der Waals surface area contributed by atoms with E-state index in [1.807, 2.05) is 18.2 Å². The Balaban J connectivity index is 2.76. The molecular formula is C10H11NO2. The molecule has 0 bridgehead atoms. The highest BCUT2D eigenvalue weighted by molar-refractivity contribution is 5.89. The molecule has 0 amide bonds. The Bertz CT molecular complexity index is 420. The minimum absolute atomic E-state index is 0.0281. The minimum atomic E-state index is 0.0281. The molecule has 68 valence electrons. The Morgan fingerprint density at radius 1 is 1.46 bits per heavy atom. The number of nitrogens with one attached hydrogen (secondary N) is 1. The Labute approximate surface area is 76.0 Å². The molecule has 0 aliphatic heterocycles. The first-order valence-corrected chi connectivity index (χ1v) is 4.10. The van der Waals surface area contributed by atoms with Crippen molar-refractivity contribution in [1.82, 2.24) is 4.98 Å². The molecule has 3 nitrogen and oxygen atoms in total. The lowest BCUT2D eigenvalue weighted by Crippen LogP contribution is -1.86. The van der Waals surface area contributed by atoms with Gasteiger partial charge in [-0.1, -0.05) is 6.07 Å². The van der Waals surface area contributed by atoms with Crippen LogP contribution < -0.4 is 4.74 Å². The van der Waals surface area contributed by atoms with Gasteiger partial charge in [0.05, 0.1) is 13.7 Å². The van der Waals surface area contributed by atoms with Gasteiger partial charge in [-0.05, 0) is 12.1 Å². The minimum Gasteiger partial charge on any atom is -0.496 e. The number of ether oxygens (including phenoxy) is 1. The smallest absolute Gasteiger partial charge is 0.128 e. The number of hydrogen-bond acceptors (Lipinski definition) is 2. The van der Waals surface area contributed by atoms with Gasteiger partial charge in [0.1, 0.15) is 5.75 Å². The van der Waals surface area contributed by atoms with E-state index in [9.17, 15) is 0 Å². The van der Waals surface area contributed by atoms with Gasteiger partial charge < -0.3 is 14.8 Å². The van der Waals surface area contributed by atoms with Gasteiger partial charge in [0.25, 0.3) is 0 Å². The van der Waals surface area contributed by atoms with Crippen LogP contribution in [0, 0.1) is 0 Å². The molecule has 0 radical (unpaired) electrons. The lowest BCUT2D eigenvalue weighted by atomic mass is 10.1. The highest BCUT2D eigenvalue weighted by Crippen LogP contribution is 2.28. The zero-order chi connectivity index (χ0) is 9.26. The quantitative estimate of drug-likeness (QED) is 0.732. The number of H-pyrrole nitrogens is 1. The van der Waals surface area contributed by atoms with Crippen LogP contribution in [0.1, 0.15) is 5.56 Å². The van der Waals surface area contributed by atoms with E-state index < -0.39 is 0 Å². The normalized spacial score (nSPS) is 10.6. The standard InChI is InChI=1S/C10H11NO2/c1-13-9-4-2-3-8-10(9)7(6-12)5-11-8/h2-5,11-12H,6H2,1H3. The van der Waals surface area contributed by atoms with Gasteiger partial charge in [-0.25, -0.2) is 0 Å². The molecule has 1 heterocycles. The number of benzene rings is 1. The first-order chi connectivity index (χ1) is 6.36. The van der Waals surface area contributed by atoms with Crippen molar-refractivity contribution in [3.8, 4) is 5.75 Å². The lowest BCUT2D eigenvalue weighted by molar-refractivity contribution is 0.283. The zero-order valence-corrected chi connectivity index (χ0v) is 7.37. The molecule has 0 saturated carbocycles. The number of aromatic amines is 1. The fraction of sp³-hybridized carbons (Fsp3) is 0.200. The predicted octanol–water partition coefficient (Wildman–Crippen LogP) is 1.67. The lowest BCUT2D eigenvalue weighted by Gasteiger charge is -2.02. The molecule has 13 heavy (non-hydrogen) atoms. The SMILES string of the molecule is COc1cccc2[nH]cc(CO)c12. The number of fused-ring (bicyclic) bond motifs is 1. The Morgan fingerprint density at radius 3 is 3.00 bits per heavy atom. The van der Waals surface area contributed by atoms with Crippen LogP contribution in [0.4, 0.5) is 0 Å². The molecule has 1 aromatic heterocycles. The molecule has 0 fully saturated rings. The number of aliphatic hydroxyl groups is 1. The molecule has 3 heteroatoms. The van der Waals surface area contributed by atoms with Crippen molar-refractivity contribution in [2.45, 2.75) is 6.61 Å². The summed E-state index contributed by atoms with van der Waals surface area (Å²) in [5.74, 6) is 0.794. The second-order valence-corrected chi connectivity index (χ2v) is 2.85. The Hall–Kier alpha value is -1.48. The van der Waals surface area contributed by atoms with E-state index in [1.54, 1.807) is 13.3 Å². The molecule has 0 saturated heterocycles. The van der Waals surface area contributed by atoms with Crippen LogP contribution in [0.3, 0.4) is 0 Å². The second kappa shape index (κ2) is 3.11. The summed E-state index contributed by atoms with van der Waals surface area (Å²) < 4.78 is 5.20. The third-order valence-corrected chi connectivity index (χ3v) is 2.14. The molecule has 0 aliphatic carbocycles. The Kier molecular flexibility index (Phi) is 1.94. The van der Waals surface area contributed by atoms with Crippen molar-refractivity contribution in [1.29, 1.82) is 0 Å². The average molecular weight is 177 g/mol. The van der Waals surface area contributed by atoms with Gasteiger partial charge in [-0.2, -0.15) is 0 Å². The van der Waals surface area contributed by atoms with E-state index >= 15 is 0 Å². The summed E-state index contributed by atoms with van der Waals surface area (Å²) in [5, 5.41) is 10.0. The van der Waals surface area contributed by atoms with Crippen LogP contribution in [-0.4, -0.2) is 17.2 Å². The van der Waals surface area contributed by atoms with E-state index in [2.05, 4.69) is 4.98 Å². The Morgan fingerprint density at radius 2 is 2.31 bits per heavy atom. The molecule has 1 aromatic carbocycles. The fourth-order valence-corrected chi connectivity index (χ4v) is 1.51. The van der Waals surface area contributed by atoms with Crippen molar-refractivity contribution in [3.05, 3.63) is 30.0 Å². The van der Waals surface area contributed by atoms with E-state index in [1.165, 1.54) is 0 Å². The van der Waals surface area contributed by atoms with Crippen LogP contribution in [0.5, 0.6) is 5.75 Å². The molecule has 0 spiro atoms. The number of rotatable bonds is 2. The molecule has 2 aromatic rings. The maximum atomic E-state index is 9.07. The van der Waals surface area contributed by atoms with Crippen LogP contribution in [-0.2, 0) is 6.61 Å². The highest BCUT2D eigenvalue weighted by atomic mass is 16.5. The van der Waals surface area contributed by atoms with Crippen molar-refractivity contribution in [2.75, 3.05) is 7.11 Å². The molecule has 0 aliphatic rings. The average Bonchev–Trinajstić information content (AvgIpc) is 2.60. The van der Waals surface area contributed by atoms with Gasteiger partial charge in [0.15, 0.2) is 0 Å². The molecule has 2 rings (SSSR count). The van der Waals surface area contributed by atoms with E-state index in [4.69, 9.17) is 9.84 Å². The monoisotopic (exact) mass is 177 g/mol. The molecule has 0 unspecified atom stereocenters. The van der Waals surface area contributed by atoms with Gasteiger partial charge in [0, 0.05) is 22.7 Å². The zero-order valence-electron chi connectivity index (χ0n) is 7.37. The van der Waals surface area contributed by atoms with E-state index in [-0.39, 0.29) is 6.61 Å². The summed E-state index contributed by atoms with van der Waals surface area (Å²) in [5.41, 5.74) is 1.86. The topological polar surface area (TPSA) is 45.2 Å². The number of aromatic nitrogens is 1. The molecule has 0 atom stereocenters. The van der Waals surface area contributed by atoms with Gasteiger partial charge in [-0.3, -0.25) is 0 Å². The summed E-state index contributed by atoms with van der Waals surface area (Å²) in [6.07, 6.45) is 1.80. The van der Waals surface area contributed by atoms with Crippen LogP contribution in [0.25, 0.3) is 10.9 Å². The third-order valence-electron chi connectivity index (χ3n) is 2.14. The summed E-state index contributed by atoms with van der Waals surface area (Å²) in [6, 6.07) is 5.76. The first-order valence-electron chi connectivity index (χ1n) is 4.10. The summed E-state index contributed by atoms with van der Waals surface area (Å²) >= 11 is 0. The van der Waals surface area contributed by atoms with E-state index in [0.717, 1.165) is 22.2 Å². The summed E-state index contributed by atoms with van der Waals surface area (Å²) in [6.45, 7) is 0.0281. The predicted molar refractivity (Wildman–Crippen MR) is 50.8 cm³/mol. The first kappa shape index (κ1) is 8.13. The van der Waals surface area contributed by atoms with Crippen molar-refractivity contribution in [3.63, 3.8) is 0 Å². The number of aliphatic hydroxyl groups excluding tert-OH is 1. The van der Waals surface area contributed by atoms with Crippen molar-refractivity contribution in [2.24, 2.45) is 0 Å². The number of hydrogen-bond donors (Lipinski definition) is 2. The molecular weight excluding hydrogens is 166 g/mol. The van der Waals surface area contributed by atoms with E-state index in [0.29, 0.717) is 0 Å². The third kappa shape index (κ3) is 1.17. The maximum Gasteiger partial charge on any atom is 0.128 e. The number of methoxy groups -OCH3 is 1.